The van der Waals surface area contributed by atoms with Gasteiger partial charge in [-0.1, -0.05) is 0 Å². The fourth-order valence-electron chi connectivity index (χ4n) is 1.94. The van der Waals surface area contributed by atoms with Gasteiger partial charge in [-0.15, -0.1) is 0 Å². The number of carboxylic acid groups (broad SMARTS) is 1. The van der Waals surface area contributed by atoms with Crippen LogP contribution in [0, 0.1) is 5.92 Å². The van der Waals surface area contributed by atoms with Crippen molar-refractivity contribution in [3.63, 3.8) is 0 Å². The number of hydrogen-bond donors (Lipinski definition) is 2. The average Bonchev–Trinajstić information content (AvgIpc) is 2.76. The summed E-state index contributed by atoms with van der Waals surface area (Å²) in [5.41, 5.74) is 0. The molecule has 1 aromatic heterocycles. The SMILES string of the molecule is O=C(O)CC1CN(C(=O)CNC(=O)c2ccc(Br)o2)C1. The molecule has 0 atom stereocenters. The molecule has 7 nitrogen and oxygen atoms in total. The molecule has 2 amide bonds. The number of nitrogens with one attached hydrogen (secondary N) is 1. The van der Waals surface area contributed by atoms with Gasteiger partial charge in [0.2, 0.25) is 5.91 Å². The van der Waals surface area contributed by atoms with Crippen LogP contribution in [0.4, 0.5) is 0 Å². The Hall–Kier alpha value is -1.83. The third-order valence-electron chi connectivity index (χ3n) is 2.97. The number of nitrogens with zero attached hydrogens (tertiary/aromatic N) is 1. The van der Waals surface area contributed by atoms with Gasteiger partial charge in [-0.25, -0.2) is 0 Å². The molecule has 1 aromatic rings. The highest BCUT2D eigenvalue weighted by Gasteiger charge is 2.31. The number of halogens is 1. The van der Waals surface area contributed by atoms with Gasteiger partial charge in [0.25, 0.3) is 5.91 Å². The number of rotatable bonds is 5. The van der Waals surface area contributed by atoms with Crippen molar-refractivity contribution in [3.8, 4) is 0 Å². The Labute approximate surface area is 123 Å². The number of carbonyl (C=O) groups excluding carboxylic acids is 2. The van der Waals surface area contributed by atoms with Crippen LogP contribution in [0.25, 0.3) is 0 Å². The summed E-state index contributed by atoms with van der Waals surface area (Å²) in [6.07, 6.45) is 0.0660. The smallest absolute Gasteiger partial charge is 0.303 e. The van der Waals surface area contributed by atoms with Gasteiger partial charge in [-0.3, -0.25) is 14.4 Å². The molecule has 8 heteroatoms. The van der Waals surface area contributed by atoms with Gasteiger partial charge in [-0.05, 0) is 28.1 Å². The fourth-order valence-corrected chi connectivity index (χ4v) is 2.25. The average molecular weight is 345 g/mol. The van der Waals surface area contributed by atoms with E-state index >= 15 is 0 Å². The minimum Gasteiger partial charge on any atom is -0.481 e. The van der Waals surface area contributed by atoms with Crippen LogP contribution in [0.2, 0.25) is 0 Å². The molecule has 0 radical (unpaired) electrons. The van der Waals surface area contributed by atoms with Crippen LogP contribution in [-0.4, -0.2) is 47.4 Å². The van der Waals surface area contributed by atoms with E-state index in [0.717, 1.165) is 0 Å². The molecular weight excluding hydrogens is 332 g/mol. The zero-order chi connectivity index (χ0) is 14.7. The summed E-state index contributed by atoms with van der Waals surface area (Å²) in [4.78, 5) is 35.3. The zero-order valence-electron chi connectivity index (χ0n) is 10.5. The number of amides is 2. The van der Waals surface area contributed by atoms with E-state index in [1.54, 1.807) is 6.07 Å². The summed E-state index contributed by atoms with van der Waals surface area (Å²) >= 11 is 3.08. The number of carbonyl (C=O) groups is 3. The highest BCUT2D eigenvalue weighted by atomic mass is 79.9. The molecule has 0 saturated carbocycles. The molecule has 0 aliphatic carbocycles. The summed E-state index contributed by atoms with van der Waals surface area (Å²) in [6.45, 7) is 0.720. The van der Waals surface area contributed by atoms with E-state index in [0.29, 0.717) is 17.8 Å². The summed E-state index contributed by atoms with van der Waals surface area (Å²) < 4.78 is 5.49. The lowest BCUT2D eigenvalue weighted by Crippen LogP contribution is -2.53. The predicted molar refractivity (Wildman–Crippen MR) is 71.1 cm³/mol. The molecule has 1 saturated heterocycles. The second-order valence-electron chi connectivity index (χ2n) is 4.55. The van der Waals surface area contributed by atoms with Crippen molar-refractivity contribution in [2.45, 2.75) is 6.42 Å². The standard InChI is InChI=1S/C12H13BrN2O5/c13-9-2-1-8(20-9)12(19)14-4-10(16)15-5-7(6-15)3-11(17)18/h1-2,7H,3-6H2,(H,14,19)(H,17,18). The van der Waals surface area contributed by atoms with E-state index in [1.807, 2.05) is 0 Å². The number of aliphatic carboxylic acids is 1. The first-order valence-corrected chi connectivity index (χ1v) is 6.78. The molecule has 1 aliphatic heterocycles. The molecule has 2 N–H and O–H groups in total. The summed E-state index contributed by atoms with van der Waals surface area (Å²) in [5.74, 6) is -1.43. The van der Waals surface area contributed by atoms with Crippen molar-refractivity contribution in [2.24, 2.45) is 5.92 Å². The van der Waals surface area contributed by atoms with Gasteiger partial charge in [-0.2, -0.15) is 0 Å². The normalized spacial score (nSPS) is 14.8. The molecule has 20 heavy (non-hydrogen) atoms. The van der Waals surface area contributed by atoms with Crippen LogP contribution in [-0.2, 0) is 9.59 Å². The van der Waals surface area contributed by atoms with Gasteiger partial charge in [0.15, 0.2) is 10.4 Å². The lowest BCUT2D eigenvalue weighted by atomic mass is 9.96. The molecular formula is C12H13BrN2O5. The van der Waals surface area contributed by atoms with Crippen molar-refractivity contribution >= 4 is 33.7 Å². The molecule has 0 unspecified atom stereocenters. The first-order chi connectivity index (χ1) is 9.45. The molecule has 0 aromatic carbocycles. The minimum absolute atomic E-state index is 0.00757. The highest BCUT2D eigenvalue weighted by Crippen LogP contribution is 2.18. The lowest BCUT2D eigenvalue weighted by molar-refractivity contribution is -0.144. The number of furan rings is 1. The summed E-state index contributed by atoms with van der Waals surface area (Å²) in [5, 5.41) is 11.1. The highest BCUT2D eigenvalue weighted by molar-refractivity contribution is 9.10. The maximum atomic E-state index is 11.7. The lowest BCUT2D eigenvalue weighted by Gasteiger charge is -2.38. The van der Waals surface area contributed by atoms with Crippen molar-refractivity contribution in [2.75, 3.05) is 19.6 Å². The summed E-state index contributed by atoms with van der Waals surface area (Å²) in [6, 6.07) is 3.08. The van der Waals surface area contributed by atoms with Crippen LogP contribution in [0.15, 0.2) is 21.2 Å². The Bertz CT molecular complexity index is 536. The van der Waals surface area contributed by atoms with Crippen LogP contribution in [0.3, 0.4) is 0 Å². The Kier molecular flexibility index (Phi) is 4.43. The van der Waals surface area contributed by atoms with E-state index < -0.39 is 11.9 Å². The first-order valence-electron chi connectivity index (χ1n) is 5.99. The third kappa shape index (κ3) is 3.60. The molecule has 2 heterocycles. The van der Waals surface area contributed by atoms with E-state index in [-0.39, 0.29) is 30.6 Å². The van der Waals surface area contributed by atoms with E-state index in [1.165, 1.54) is 11.0 Å². The van der Waals surface area contributed by atoms with Gasteiger partial charge in [0.1, 0.15) is 0 Å². The number of likely N-dealkylation sites (tertiary alicyclic amines) is 1. The van der Waals surface area contributed by atoms with Crippen LogP contribution in [0.5, 0.6) is 0 Å². The Balaban J connectivity index is 1.71. The first kappa shape index (κ1) is 14.6. The van der Waals surface area contributed by atoms with E-state index in [9.17, 15) is 14.4 Å². The van der Waals surface area contributed by atoms with Gasteiger partial charge < -0.3 is 19.7 Å². The minimum atomic E-state index is -0.862. The molecule has 1 aliphatic rings. The van der Waals surface area contributed by atoms with E-state index in [2.05, 4.69) is 21.2 Å². The topological polar surface area (TPSA) is 99.9 Å². The molecule has 2 rings (SSSR count). The van der Waals surface area contributed by atoms with Crippen molar-refractivity contribution in [3.05, 3.63) is 22.6 Å². The number of hydrogen-bond acceptors (Lipinski definition) is 4. The van der Waals surface area contributed by atoms with E-state index in [4.69, 9.17) is 9.52 Å². The maximum absolute atomic E-state index is 11.7. The fraction of sp³-hybridized carbons (Fsp3) is 0.417. The van der Waals surface area contributed by atoms with Crippen LogP contribution in [0.1, 0.15) is 17.0 Å². The third-order valence-corrected chi connectivity index (χ3v) is 3.40. The largest absolute Gasteiger partial charge is 0.481 e. The Morgan fingerprint density at radius 3 is 2.65 bits per heavy atom. The Morgan fingerprint density at radius 1 is 1.40 bits per heavy atom. The monoisotopic (exact) mass is 344 g/mol. The Morgan fingerprint density at radius 2 is 2.10 bits per heavy atom. The van der Waals surface area contributed by atoms with Gasteiger partial charge in [0, 0.05) is 19.0 Å². The number of carboxylic acids is 1. The molecule has 0 spiro atoms. The second kappa shape index (κ2) is 6.08. The summed E-state index contributed by atoms with van der Waals surface area (Å²) in [7, 11) is 0. The second-order valence-corrected chi connectivity index (χ2v) is 5.33. The predicted octanol–water partition coefficient (Wildman–Crippen LogP) is 0.705. The van der Waals surface area contributed by atoms with Gasteiger partial charge >= 0.3 is 5.97 Å². The van der Waals surface area contributed by atoms with Crippen LogP contribution < -0.4 is 5.32 Å². The molecule has 108 valence electrons. The zero-order valence-corrected chi connectivity index (χ0v) is 12.1. The quantitative estimate of drug-likeness (QED) is 0.819. The van der Waals surface area contributed by atoms with Crippen LogP contribution >= 0.6 is 15.9 Å². The molecule has 1 fully saturated rings. The van der Waals surface area contributed by atoms with Crippen molar-refractivity contribution < 1.29 is 23.9 Å². The van der Waals surface area contributed by atoms with Gasteiger partial charge in [0.05, 0.1) is 13.0 Å². The maximum Gasteiger partial charge on any atom is 0.303 e. The molecule has 0 bridgehead atoms. The van der Waals surface area contributed by atoms with Crippen molar-refractivity contribution in [1.82, 2.24) is 10.2 Å². The van der Waals surface area contributed by atoms with Crippen molar-refractivity contribution in [1.29, 1.82) is 0 Å².